The topological polar surface area (TPSA) is 54.3 Å². The van der Waals surface area contributed by atoms with E-state index in [1.165, 1.54) is 0 Å². The fourth-order valence-corrected chi connectivity index (χ4v) is 3.15. The molecule has 0 aromatic heterocycles. The first-order valence-electron chi connectivity index (χ1n) is 7.09. The van der Waals surface area contributed by atoms with Crippen molar-refractivity contribution in [2.24, 2.45) is 5.41 Å². The van der Waals surface area contributed by atoms with Gasteiger partial charge in [-0.15, -0.1) is 0 Å². The standard InChI is InChI=1S/C14H22N2O2/c15-6-3-13(1-2-13)11-17-12-9-14(18-10-12)4-7-16-8-5-14/h12,16H,1-5,7-11H2. The third-order valence-electron chi connectivity index (χ3n) is 4.73. The molecule has 3 aliphatic rings. The van der Waals surface area contributed by atoms with Crippen LogP contribution >= 0.6 is 0 Å². The maximum Gasteiger partial charge on any atom is 0.0836 e. The van der Waals surface area contributed by atoms with Gasteiger partial charge < -0.3 is 14.8 Å². The second-order valence-electron chi connectivity index (χ2n) is 6.22. The van der Waals surface area contributed by atoms with Gasteiger partial charge in [0.15, 0.2) is 0 Å². The molecule has 4 heteroatoms. The van der Waals surface area contributed by atoms with Crippen molar-refractivity contribution in [1.29, 1.82) is 5.26 Å². The first kappa shape index (κ1) is 12.4. The van der Waals surface area contributed by atoms with Crippen LogP contribution in [-0.4, -0.2) is 38.0 Å². The molecule has 0 radical (unpaired) electrons. The highest BCUT2D eigenvalue weighted by molar-refractivity contribution is 5.00. The second-order valence-corrected chi connectivity index (χ2v) is 6.22. The Kier molecular flexibility index (Phi) is 3.31. The number of hydrogen-bond acceptors (Lipinski definition) is 4. The molecule has 0 amide bonds. The lowest BCUT2D eigenvalue weighted by atomic mass is 9.89. The van der Waals surface area contributed by atoms with Gasteiger partial charge in [0.25, 0.3) is 0 Å². The summed E-state index contributed by atoms with van der Waals surface area (Å²) in [6.45, 7) is 3.61. The largest absolute Gasteiger partial charge is 0.375 e. The molecule has 2 heterocycles. The number of hydrogen-bond donors (Lipinski definition) is 1. The van der Waals surface area contributed by atoms with E-state index in [1.54, 1.807) is 0 Å². The van der Waals surface area contributed by atoms with E-state index in [-0.39, 0.29) is 17.1 Å². The normalized spacial score (nSPS) is 32.3. The van der Waals surface area contributed by atoms with Crippen LogP contribution in [0.3, 0.4) is 0 Å². The fourth-order valence-electron chi connectivity index (χ4n) is 3.15. The van der Waals surface area contributed by atoms with Crippen molar-refractivity contribution in [3.8, 4) is 6.07 Å². The van der Waals surface area contributed by atoms with E-state index >= 15 is 0 Å². The van der Waals surface area contributed by atoms with Crippen LogP contribution in [0.4, 0.5) is 0 Å². The molecule has 2 saturated heterocycles. The zero-order valence-corrected chi connectivity index (χ0v) is 10.9. The molecule has 0 bridgehead atoms. The Morgan fingerprint density at radius 3 is 2.72 bits per heavy atom. The quantitative estimate of drug-likeness (QED) is 0.823. The Morgan fingerprint density at radius 2 is 2.06 bits per heavy atom. The second kappa shape index (κ2) is 4.80. The van der Waals surface area contributed by atoms with Gasteiger partial charge in [-0.05, 0) is 38.8 Å². The average Bonchev–Trinajstić information content (AvgIpc) is 3.05. The highest BCUT2D eigenvalue weighted by atomic mass is 16.6. The van der Waals surface area contributed by atoms with Gasteiger partial charge in [-0.3, -0.25) is 0 Å². The molecule has 0 aromatic rings. The SMILES string of the molecule is N#CCC1(COC2COC3(CCNCC3)C2)CC1. The Bertz CT molecular complexity index is 340. The summed E-state index contributed by atoms with van der Waals surface area (Å²) in [4.78, 5) is 0. The van der Waals surface area contributed by atoms with Gasteiger partial charge in [-0.2, -0.15) is 5.26 Å². The van der Waals surface area contributed by atoms with E-state index in [0.717, 1.165) is 58.4 Å². The predicted octanol–water partition coefficient (Wildman–Crippen LogP) is 1.61. The summed E-state index contributed by atoms with van der Waals surface area (Å²) in [5, 5.41) is 12.2. The van der Waals surface area contributed by atoms with E-state index < -0.39 is 0 Å². The van der Waals surface area contributed by atoms with Crippen LogP contribution in [-0.2, 0) is 9.47 Å². The first-order valence-corrected chi connectivity index (χ1v) is 7.09. The van der Waals surface area contributed by atoms with Crippen molar-refractivity contribution in [2.75, 3.05) is 26.3 Å². The highest BCUT2D eigenvalue weighted by Crippen LogP contribution is 2.49. The van der Waals surface area contributed by atoms with Crippen LogP contribution < -0.4 is 5.32 Å². The lowest BCUT2D eigenvalue weighted by Gasteiger charge is -2.32. The van der Waals surface area contributed by atoms with Gasteiger partial charge in [0.1, 0.15) is 0 Å². The van der Waals surface area contributed by atoms with Gasteiger partial charge in [-0.1, -0.05) is 0 Å². The molecule has 2 aliphatic heterocycles. The third-order valence-corrected chi connectivity index (χ3v) is 4.73. The number of nitrogens with zero attached hydrogens (tertiary/aromatic N) is 1. The number of piperidine rings is 1. The average molecular weight is 250 g/mol. The summed E-state index contributed by atoms with van der Waals surface area (Å²) < 4.78 is 12.0. The summed E-state index contributed by atoms with van der Waals surface area (Å²) in [5.74, 6) is 0. The minimum Gasteiger partial charge on any atom is -0.375 e. The van der Waals surface area contributed by atoms with E-state index in [0.29, 0.717) is 6.42 Å². The van der Waals surface area contributed by atoms with Gasteiger partial charge >= 0.3 is 0 Å². The highest BCUT2D eigenvalue weighted by Gasteiger charge is 2.46. The molecule has 1 aliphatic carbocycles. The lowest BCUT2D eigenvalue weighted by Crippen LogP contribution is -2.41. The molecular weight excluding hydrogens is 228 g/mol. The molecule has 1 saturated carbocycles. The van der Waals surface area contributed by atoms with E-state index in [1.807, 2.05) is 0 Å². The molecule has 1 N–H and O–H groups in total. The number of rotatable bonds is 4. The smallest absolute Gasteiger partial charge is 0.0836 e. The summed E-state index contributed by atoms with van der Waals surface area (Å²) in [6.07, 6.45) is 6.46. The van der Waals surface area contributed by atoms with Gasteiger partial charge in [0.2, 0.25) is 0 Å². The first-order chi connectivity index (χ1) is 8.76. The molecule has 1 atom stereocenters. The zero-order valence-electron chi connectivity index (χ0n) is 10.9. The van der Waals surface area contributed by atoms with Crippen LogP contribution in [0, 0.1) is 16.7 Å². The molecule has 18 heavy (non-hydrogen) atoms. The van der Waals surface area contributed by atoms with Crippen molar-refractivity contribution >= 4 is 0 Å². The number of nitrogens with one attached hydrogen (secondary N) is 1. The Balaban J connectivity index is 1.46. The van der Waals surface area contributed by atoms with Crippen LogP contribution in [0.15, 0.2) is 0 Å². The van der Waals surface area contributed by atoms with Crippen LogP contribution in [0.25, 0.3) is 0 Å². The van der Waals surface area contributed by atoms with Crippen molar-refractivity contribution in [3.05, 3.63) is 0 Å². The predicted molar refractivity (Wildman–Crippen MR) is 67.0 cm³/mol. The molecule has 1 spiro atoms. The monoisotopic (exact) mass is 250 g/mol. The van der Waals surface area contributed by atoms with Crippen molar-refractivity contribution in [2.45, 2.75) is 50.2 Å². The molecule has 100 valence electrons. The van der Waals surface area contributed by atoms with Gasteiger partial charge in [0, 0.05) is 18.3 Å². The molecule has 0 aromatic carbocycles. The van der Waals surface area contributed by atoms with E-state index in [9.17, 15) is 0 Å². The maximum atomic E-state index is 8.80. The molecule has 4 nitrogen and oxygen atoms in total. The van der Waals surface area contributed by atoms with Crippen LogP contribution in [0.1, 0.15) is 38.5 Å². The summed E-state index contributed by atoms with van der Waals surface area (Å²) in [5.41, 5.74) is 0.278. The van der Waals surface area contributed by atoms with Crippen molar-refractivity contribution in [1.82, 2.24) is 5.32 Å². The number of ether oxygens (including phenoxy) is 2. The van der Waals surface area contributed by atoms with E-state index in [4.69, 9.17) is 14.7 Å². The molecule has 3 fully saturated rings. The Morgan fingerprint density at radius 1 is 1.28 bits per heavy atom. The summed E-state index contributed by atoms with van der Waals surface area (Å²) >= 11 is 0. The number of nitriles is 1. The van der Waals surface area contributed by atoms with E-state index in [2.05, 4.69) is 11.4 Å². The fraction of sp³-hybridized carbons (Fsp3) is 0.929. The maximum absolute atomic E-state index is 8.80. The molecular formula is C14H22N2O2. The molecule has 3 rings (SSSR count). The molecule has 1 unspecified atom stereocenters. The minimum absolute atomic E-state index is 0.0852. The van der Waals surface area contributed by atoms with Gasteiger partial charge in [-0.25, -0.2) is 0 Å². The summed E-state index contributed by atoms with van der Waals surface area (Å²) in [7, 11) is 0. The van der Waals surface area contributed by atoms with Crippen molar-refractivity contribution in [3.63, 3.8) is 0 Å². The van der Waals surface area contributed by atoms with Crippen LogP contribution in [0.2, 0.25) is 0 Å². The Labute approximate surface area is 109 Å². The Hall–Kier alpha value is -0.630. The minimum atomic E-state index is 0.0852. The summed E-state index contributed by atoms with van der Waals surface area (Å²) in [6, 6.07) is 2.28. The van der Waals surface area contributed by atoms with Gasteiger partial charge in [0.05, 0.1) is 31.0 Å². The van der Waals surface area contributed by atoms with Crippen molar-refractivity contribution < 1.29 is 9.47 Å². The third kappa shape index (κ3) is 2.54. The zero-order chi connectivity index (χ0) is 12.5. The van der Waals surface area contributed by atoms with Crippen LogP contribution in [0.5, 0.6) is 0 Å². The lowest BCUT2D eigenvalue weighted by molar-refractivity contribution is -0.0251.